The molecule has 190 valence electrons. The third-order valence-corrected chi connectivity index (χ3v) is 10.1. The van der Waals surface area contributed by atoms with Gasteiger partial charge in [0.2, 0.25) is 0 Å². The van der Waals surface area contributed by atoms with Gasteiger partial charge in [0.05, 0.1) is 0 Å². The van der Waals surface area contributed by atoms with Crippen molar-refractivity contribution in [3.05, 3.63) is 125 Å². The Morgan fingerprint density at radius 2 is 0.711 bits per heavy atom. The Morgan fingerprint density at radius 3 is 1.05 bits per heavy atom. The number of rotatable bonds is 4. The molecule has 5 aromatic carbocycles. The van der Waals surface area contributed by atoms with Gasteiger partial charge < -0.3 is 0 Å². The summed E-state index contributed by atoms with van der Waals surface area (Å²) in [4.78, 5) is 0. The first-order chi connectivity index (χ1) is 18.2. The summed E-state index contributed by atoms with van der Waals surface area (Å²) in [5.74, 6) is 0. The lowest BCUT2D eigenvalue weighted by Crippen LogP contribution is -1.99. The molecule has 0 radical (unpaired) electrons. The predicted molar refractivity (Wildman–Crippen MR) is 178 cm³/mol. The molecular formula is C34H26Br4. The molecule has 0 atom stereocenters. The molecule has 0 heterocycles. The van der Waals surface area contributed by atoms with Crippen LogP contribution in [-0.2, 0) is 0 Å². The fourth-order valence-electron chi connectivity index (χ4n) is 4.89. The van der Waals surface area contributed by atoms with Gasteiger partial charge in [0, 0.05) is 40.1 Å². The van der Waals surface area contributed by atoms with E-state index in [1.54, 1.807) is 0 Å². The van der Waals surface area contributed by atoms with Gasteiger partial charge in [0.1, 0.15) is 0 Å². The van der Waals surface area contributed by atoms with E-state index >= 15 is 0 Å². The Hall–Kier alpha value is -1.98. The average molecular weight is 754 g/mol. The van der Waals surface area contributed by atoms with Crippen molar-refractivity contribution in [1.82, 2.24) is 0 Å². The lowest BCUT2D eigenvalue weighted by molar-refractivity contribution is 1.32. The minimum absolute atomic E-state index is 1.06. The summed E-state index contributed by atoms with van der Waals surface area (Å²) in [5.41, 5.74) is 14.3. The van der Waals surface area contributed by atoms with Crippen LogP contribution in [0.25, 0.3) is 44.5 Å². The Balaban J connectivity index is 2.03. The molecule has 0 aliphatic rings. The van der Waals surface area contributed by atoms with E-state index in [4.69, 9.17) is 0 Å². The fraction of sp³-hybridized carbons (Fsp3) is 0.118. The van der Waals surface area contributed by atoms with Gasteiger partial charge >= 0.3 is 0 Å². The third kappa shape index (κ3) is 5.01. The van der Waals surface area contributed by atoms with E-state index in [2.05, 4.69) is 176 Å². The van der Waals surface area contributed by atoms with Crippen LogP contribution in [0, 0.1) is 27.7 Å². The zero-order valence-electron chi connectivity index (χ0n) is 21.6. The smallest absolute Gasteiger partial charge is 0.0345 e. The van der Waals surface area contributed by atoms with Gasteiger partial charge in [0.25, 0.3) is 0 Å². The summed E-state index contributed by atoms with van der Waals surface area (Å²) >= 11 is 16.2. The minimum atomic E-state index is 1.06. The number of aryl methyl sites for hydroxylation is 4. The highest BCUT2D eigenvalue weighted by Crippen LogP contribution is 2.55. The summed E-state index contributed by atoms with van der Waals surface area (Å²) in [6, 6.07) is 30.3. The number of benzene rings is 5. The molecule has 0 amide bonds. The van der Waals surface area contributed by atoms with Crippen LogP contribution >= 0.6 is 63.7 Å². The molecular weight excluding hydrogens is 728 g/mol. The van der Waals surface area contributed by atoms with E-state index in [0.29, 0.717) is 0 Å². The van der Waals surface area contributed by atoms with Crippen molar-refractivity contribution in [3.63, 3.8) is 0 Å². The van der Waals surface area contributed by atoms with Crippen molar-refractivity contribution in [2.75, 3.05) is 0 Å². The Kier molecular flexibility index (Phi) is 8.17. The van der Waals surface area contributed by atoms with E-state index in [-0.39, 0.29) is 0 Å². The molecule has 0 N–H and O–H groups in total. The molecule has 0 aromatic heterocycles. The van der Waals surface area contributed by atoms with E-state index in [0.717, 1.165) is 62.4 Å². The molecule has 0 unspecified atom stereocenters. The van der Waals surface area contributed by atoms with Crippen molar-refractivity contribution in [1.29, 1.82) is 0 Å². The topological polar surface area (TPSA) is 0 Å². The lowest BCUT2D eigenvalue weighted by Gasteiger charge is -2.25. The molecule has 0 saturated heterocycles. The molecule has 0 nitrogen and oxygen atoms in total. The molecule has 0 fully saturated rings. The number of hydrogen-bond donors (Lipinski definition) is 0. The summed E-state index contributed by atoms with van der Waals surface area (Å²) in [7, 11) is 0. The standard InChI is InChI=1S/C34H26Br4/c1-19-15-25(27(35)17-21(19)3)31-29(23-11-7-5-8-12-23)34(38)32(26-16-20(2)22(4)18-28(26)36)30(33(31)37)24-13-9-6-10-14-24/h5-18H,1-4H3. The van der Waals surface area contributed by atoms with Gasteiger partial charge in [-0.2, -0.15) is 0 Å². The van der Waals surface area contributed by atoms with Crippen molar-refractivity contribution in [2.24, 2.45) is 0 Å². The Bertz CT molecular complexity index is 1540. The second-order valence-electron chi connectivity index (χ2n) is 9.69. The minimum Gasteiger partial charge on any atom is -0.0622 e. The highest BCUT2D eigenvalue weighted by atomic mass is 79.9. The van der Waals surface area contributed by atoms with Crippen LogP contribution in [0.3, 0.4) is 0 Å². The fourth-order valence-corrected chi connectivity index (χ4v) is 7.88. The number of hydrogen-bond acceptors (Lipinski definition) is 0. The van der Waals surface area contributed by atoms with Gasteiger partial charge in [-0.15, -0.1) is 0 Å². The molecule has 4 heteroatoms. The van der Waals surface area contributed by atoms with E-state index in [1.807, 2.05) is 0 Å². The maximum Gasteiger partial charge on any atom is 0.0345 e. The van der Waals surface area contributed by atoms with Crippen molar-refractivity contribution in [2.45, 2.75) is 27.7 Å². The zero-order chi connectivity index (χ0) is 27.1. The van der Waals surface area contributed by atoms with E-state index in [1.165, 1.54) is 22.3 Å². The van der Waals surface area contributed by atoms with Gasteiger partial charge in [0.15, 0.2) is 0 Å². The molecule has 5 aromatic rings. The summed E-state index contributed by atoms with van der Waals surface area (Å²) in [6.07, 6.45) is 0. The number of halogens is 4. The third-order valence-electron chi connectivity index (χ3n) is 7.21. The SMILES string of the molecule is Cc1cc(Br)c(-c2c(Br)c(-c3ccccc3)c(-c3cc(C)c(C)cc3Br)c(Br)c2-c2ccccc2)cc1C. The summed E-state index contributed by atoms with van der Waals surface area (Å²) < 4.78 is 4.28. The molecule has 0 aliphatic carbocycles. The zero-order valence-corrected chi connectivity index (χ0v) is 27.9. The van der Waals surface area contributed by atoms with Crippen LogP contribution in [0.2, 0.25) is 0 Å². The predicted octanol–water partition coefficient (Wildman–Crippen LogP) is 12.6. The molecule has 0 spiro atoms. The maximum absolute atomic E-state index is 4.16. The van der Waals surface area contributed by atoms with E-state index in [9.17, 15) is 0 Å². The van der Waals surface area contributed by atoms with Gasteiger partial charge in [-0.05, 0) is 128 Å². The van der Waals surface area contributed by atoms with Crippen LogP contribution < -0.4 is 0 Å². The van der Waals surface area contributed by atoms with Crippen LogP contribution in [0.5, 0.6) is 0 Å². The largest absolute Gasteiger partial charge is 0.0622 e. The monoisotopic (exact) mass is 750 g/mol. The average Bonchev–Trinajstić information content (AvgIpc) is 2.90. The quantitative estimate of drug-likeness (QED) is 0.171. The summed E-state index contributed by atoms with van der Waals surface area (Å²) in [6.45, 7) is 8.66. The molecule has 38 heavy (non-hydrogen) atoms. The highest BCUT2D eigenvalue weighted by molar-refractivity contribution is 9.11. The second-order valence-corrected chi connectivity index (χ2v) is 13.0. The lowest BCUT2D eigenvalue weighted by atomic mass is 9.84. The Labute approximate surface area is 259 Å². The van der Waals surface area contributed by atoms with Crippen molar-refractivity contribution < 1.29 is 0 Å². The maximum atomic E-state index is 4.16. The molecule has 0 bridgehead atoms. The van der Waals surface area contributed by atoms with Gasteiger partial charge in [-0.1, -0.05) is 92.5 Å². The highest BCUT2D eigenvalue weighted by Gasteiger charge is 2.27. The van der Waals surface area contributed by atoms with E-state index < -0.39 is 0 Å². The normalized spacial score (nSPS) is 11.2. The van der Waals surface area contributed by atoms with Crippen LogP contribution in [-0.4, -0.2) is 0 Å². The van der Waals surface area contributed by atoms with Crippen LogP contribution in [0.15, 0.2) is 103 Å². The Morgan fingerprint density at radius 1 is 0.395 bits per heavy atom. The van der Waals surface area contributed by atoms with Crippen molar-refractivity contribution in [3.8, 4) is 44.5 Å². The van der Waals surface area contributed by atoms with Crippen LogP contribution in [0.1, 0.15) is 22.3 Å². The first-order valence-electron chi connectivity index (χ1n) is 12.4. The molecule has 5 rings (SSSR count). The van der Waals surface area contributed by atoms with Gasteiger partial charge in [-0.3, -0.25) is 0 Å². The van der Waals surface area contributed by atoms with Gasteiger partial charge in [-0.25, -0.2) is 0 Å². The van der Waals surface area contributed by atoms with Crippen molar-refractivity contribution >= 4 is 63.7 Å². The molecule has 0 aliphatic heterocycles. The first-order valence-corrected chi connectivity index (χ1v) is 15.6. The molecule has 0 saturated carbocycles. The second kappa shape index (κ2) is 11.3. The van der Waals surface area contributed by atoms with Crippen LogP contribution in [0.4, 0.5) is 0 Å². The summed E-state index contributed by atoms with van der Waals surface area (Å²) in [5, 5.41) is 0. The first kappa shape index (κ1) is 27.6.